The molecular weight excluding hydrogens is 436 g/mol. The molecule has 2 aliphatic rings. The minimum atomic E-state index is -0.719. The number of H-pyrrole nitrogens is 1. The number of carbonyl (C=O) groups excluding carboxylic acids is 1. The van der Waals surface area contributed by atoms with Crippen LogP contribution in [0.2, 0.25) is 0 Å². The van der Waals surface area contributed by atoms with Crippen LogP contribution in [-0.2, 0) is 4.79 Å². The van der Waals surface area contributed by atoms with Gasteiger partial charge in [-0.05, 0) is 62.2 Å². The molecule has 3 heterocycles. The fourth-order valence-corrected chi connectivity index (χ4v) is 4.77. The summed E-state index contributed by atoms with van der Waals surface area (Å²) in [4.78, 5) is 23.1. The number of halogens is 2. The van der Waals surface area contributed by atoms with Crippen molar-refractivity contribution >= 4 is 28.4 Å². The van der Waals surface area contributed by atoms with Crippen LogP contribution in [0.5, 0.6) is 0 Å². The minimum Gasteiger partial charge on any atom is -0.382 e. The number of nitrogens with one attached hydrogen (secondary N) is 3. The molecule has 0 spiro atoms. The van der Waals surface area contributed by atoms with Gasteiger partial charge in [0.05, 0.1) is 11.3 Å². The van der Waals surface area contributed by atoms with Gasteiger partial charge in [0.25, 0.3) is 5.91 Å². The molecule has 2 aliphatic heterocycles. The van der Waals surface area contributed by atoms with Crippen LogP contribution in [0.1, 0.15) is 42.4 Å². The zero-order valence-electron chi connectivity index (χ0n) is 19.2. The van der Waals surface area contributed by atoms with E-state index < -0.39 is 11.6 Å². The Morgan fingerprint density at radius 2 is 1.88 bits per heavy atom. The standard InChI is InChI=1S/C26H27F2N5O/c1-3-33-8-6-19(7-9-33)31-20-4-5-22-21(13-20)24(26(34)32-22)23(25-29-14-15(2)30-25)16-10-17(27)12-18(28)11-16/h4-5,10-14,19,31H,3,6-9H2,1-2H3,(H,29,30)(H,32,34)/b24-23-. The molecule has 1 fully saturated rings. The number of anilines is 2. The van der Waals surface area contributed by atoms with E-state index in [0.29, 0.717) is 40.0 Å². The Kier molecular flexibility index (Phi) is 5.91. The molecule has 176 valence electrons. The number of aromatic nitrogens is 2. The van der Waals surface area contributed by atoms with Crippen LogP contribution in [0.15, 0.2) is 42.6 Å². The number of rotatable bonds is 5. The summed E-state index contributed by atoms with van der Waals surface area (Å²) in [6.45, 7) is 7.15. The largest absolute Gasteiger partial charge is 0.382 e. The van der Waals surface area contributed by atoms with E-state index in [9.17, 15) is 13.6 Å². The van der Waals surface area contributed by atoms with Crippen molar-refractivity contribution in [3.8, 4) is 0 Å². The summed E-state index contributed by atoms with van der Waals surface area (Å²) in [5.41, 5.74) is 3.88. The third-order valence-electron chi connectivity index (χ3n) is 6.51. The molecular formula is C26H27F2N5O. The van der Waals surface area contributed by atoms with Gasteiger partial charge < -0.3 is 20.5 Å². The van der Waals surface area contributed by atoms with Crippen molar-refractivity contribution in [2.45, 2.75) is 32.7 Å². The van der Waals surface area contributed by atoms with Crippen molar-refractivity contribution in [2.24, 2.45) is 0 Å². The molecule has 2 aromatic carbocycles. The Balaban J connectivity index is 1.58. The normalized spacial score (nSPS) is 18.1. The highest BCUT2D eigenvalue weighted by Crippen LogP contribution is 2.41. The topological polar surface area (TPSA) is 73.0 Å². The highest BCUT2D eigenvalue weighted by atomic mass is 19.1. The number of fused-ring (bicyclic) bond motifs is 1. The molecule has 1 amide bonds. The molecule has 0 saturated carbocycles. The first-order valence-electron chi connectivity index (χ1n) is 11.6. The van der Waals surface area contributed by atoms with Gasteiger partial charge in [-0.2, -0.15) is 0 Å². The van der Waals surface area contributed by atoms with Gasteiger partial charge in [-0.15, -0.1) is 0 Å². The van der Waals surface area contributed by atoms with E-state index in [0.717, 1.165) is 44.2 Å². The van der Waals surface area contributed by atoms with Crippen molar-refractivity contribution in [1.82, 2.24) is 14.9 Å². The van der Waals surface area contributed by atoms with Gasteiger partial charge in [0.2, 0.25) is 0 Å². The maximum Gasteiger partial charge on any atom is 0.257 e. The first-order chi connectivity index (χ1) is 16.4. The number of hydrogen-bond acceptors (Lipinski definition) is 4. The van der Waals surface area contributed by atoms with Crippen molar-refractivity contribution in [2.75, 3.05) is 30.3 Å². The summed E-state index contributed by atoms with van der Waals surface area (Å²) in [6.07, 6.45) is 3.79. The maximum atomic E-state index is 14.2. The average Bonchev–Trinajstić information content (AvgIpc) is 3.37. The summed E-state index contributed by atoms with van der Waals surface area (Å²) in [7, 11) is 0. The number of imidazole rings is 1. The lowest BCUT2D eigenvalue weighted by Gasteiger charge is -2.32. The molecule has 0 bridgehead atoms. The molecule has 1 saturated heterocycles. The smallest absolute Gasteiger partial charge is 0.257 e. The Morgan fingerprint density at radius 3 is 2.53 bits per heavy atom. The minimum absolute atomic E-state index is 0.246. The van der Waals surface area contributed by atoms with Crippen LogP contribution in [0.3, 0.4) is 0 Å². The van der Waals surface area contributed by atoms with Crippen LogP contribution in [0.4, 0.5) is 20.2 Å². The van der Waals surface area contributed by atoms with Gasteiger partial charge in [-0.25, -0.2) is 13.8 Å². The first kappa shape index (κ1) is 22.3. The number of aryl methyl sites for hydroxylation is 1. The molecule has 0 atom stereocenters. The van der Waals surface area contributed by atoms with Gasteiger partial charge in [-0.3, -0.25) is 4.79 Å². The van der Waals surface area contributed by atoms with E-state index in [2.05, 4.69) is 32.4 Å². The van der Waals surface area contributed by atoms with Crippen molar-refractivity contribution < 1.29 is 13.6 Å². The second-order valence-corrected chi connectivity index (χ2v) is 8.87. The number of amides is 1. The van der Waals surface area contributed by atoms with E-state index in [1.54, 1.807) is 6.20 Å². The van der Waals surface area contributed by atoms with Crippen molar-refractivity contribution in [1.29, 1.82) is 0 Å². The quantitative estimate of drug-likeness (QED) is 0.475. The third-order valence-corrected chi connectivity index (χ3v) is 6.51. The lowest BCUT2D eigenvalue weighted by atomic mass is 9.94. The Bertz CT molecular complexity index is 1250. The maximum absolute atomic E-state index is 14.2. The molecule has 3 N–H and O–H groups in total. The number of nitrogens with zero attached hydrogens (tertiary/aromatic N) is 2. The van der Waals surface area contributed by atoms with Gasteiger partial charge in [0, 0.05) is 53.9 Å². The average molecular weight is 464 g/mol. The predicted molar refractivity (Wildman–Crippen MR) is 129 cm³/mol. The second kappa shape index (κ2) is 9.02. The van der Waals surface area contributed by atoms with Gasteiger partial charge in [0.1, 0.15) is 17.5 Å². The SMILES string of the molecule is CCN1CCC(Nc2ccc3c(c2)/C(=C(\c2cc(F)cc(F)c2)c2nc(C)c[nH]2)C(=O)N3)CC1. The van der Waals surface area contributed by atoms with Crippen LogP contribution in [-0.4, -0.2) is 46.5 Å². The Labute approximate surface area is 197 Å². The zero-order chi connectivity index (χ0) is 23.8. The molecule has 5 rings (SSSR count). The Hall–Kier alpha value is -3.52. The number of piperidine rings is 1. The van der Waals surface area contributed by atoms with E-state index >= 15 is 0 Å². The molecule has 6 nitrogen and oxygen atoms in total. The van der Waals surface area contributed by atoms with Crippen LogP contribution >= 0.6 is 0 Å². The van der Waals surface area contributed by atoms with Crippen LogP contribution in [0, 0.1) is 18.6 Å². The van der Waals surface area contributed by atoms with Gasteiger partial charge in [-0.1, -0.05) is 6.92 Å². The van der Waals surface area contributed by atoms with Crippen molar-refractivity contribution in [3.05, 3.63) is 76.9 Å². The van der Waals surface area contributed by atoms with Crippen LogP contribution in [0.25, 0.3) is 11.1 Å². The molecule has 1 aromatic heterocycles. The molecule has 3 aromatic rings. The Morgan fingerprint density at radius 1 is 1.15 bits per heavy atom. The number of carbonyl (C=O) groups is 1. The summed E-state index contributed by atoms with van der Waals surface area (Å²) < 4.78 is 28.3. The number of likely N-dealkylation sites (tertiary alicyclic amines) is 1. The fourth-order valence-electron chi connectivity index (χ4n) is 4.77. The zero-order valence-corrected chi connectivity index (χ0v) is 19.2. The first-order valence-corrected chi connectivity index (χ1v) is 11.6. The molecule has 0 radical (unpaired) electrons. The monoisotopic (exact) mass is 463 g/mol. The number of hydrogen-bond donors (Lipinski definition) is 3. The number of aromatic amines is 1. The third kappa shape index (κ3) is 4.33. The molecule has 34 heavy (non-hydrogen) atoms. The van der Waals surface area contributed by atoms with E-state index in [1.165, 1.54) is 12.1 Å². The van der Waals surface area contributed by atoms with Gasteiger partial charge >= 0.3 is 0 Å². The molecule has 8 heteroatoms. The fraction of sp³-hybridized carbons (Fsp3) is 0.308. The molecule has 0 aliphatic carbocycles. The summed E-state index contributed by atoms with van der Waals surface area (Å²) in [6, 6.07) is 9.35. The predicted octanol–water partition coefficient (Wildman–Crippen LogP) is 4.80. The van der Waals surface area contributed by atoms with Crippen LogP contribution < -0.4 is 10.6 Å². The highest BCUT2D eigenvalue weighted by Gasteiger charge is 2.31. The summed E-state index contributed by atoms with van der Waals surface area (Å²) >= 11 is 0. The number of benzene rings is 2. The summed E-state index contributed by atoms with van der Waals surface area (Å²) in [5.74, 6) is -1.39. The van der Waals surface area contributed by atoms with E-state index in [4.69, 9.17) is 0 Å². The van der Waals surface area contributed by atoms with E-state index in [-0.39, 0.29) is 11.5 Å². The van der Waals surface area contributed by atoms with Crippen molar-refractivity contribution in [3.63, 3.8) is 0 Å². The summed E-state index contributed by atoms with van der Waals surface area (Å²) in [5, 5.41) is 6.49. The lowest BCUT2D eigenvalue weighted by Crippen LogP contribution is -2.38. The van der Waals surface area contributed by atoms with Gasteiger partial charge in [0.15, 0.2) is 0 Å². The van der Waals surface area contributed by atoms with E-state index in [1.807, 2.05) is 25.1 Å². The second-order valence-electron chi connectivity index (χ2n) is 8.87. The lowest BCUT2D eigenvalue weighted by molar-refractivity contribution is -0.110. The highest BCUT2D eigenvalue weighted by molar-refractivity contribution is 6.38. The molecule has 0 unspecified atom stereocenters.